The molecule has 132 valence electrons. The third-order valence-corrected chi connectivity index (χ3v) is 4.89. The van der Waals surface area contributed by atoms with Gasteiger partial charge in [-0.2, -0.15) is 4.98 Å². The molecule has 0 saturated carbocycles. The van der Waals surface area contributed by atoms with Crippen molar-refractivity contribution in [3.63, 3.8) is 0 Å². The minimum atomic E-state index is -0.351. The highest BCUT2D eigenvalue weighted by atomic mass is 16.7. The van der Waals surface area contributed by atoms with Crippen LogP contribution < -0.4 is 9.80 Å². The fourth-order valence-electron chi connectivity index (χ4n) is 3.49. The van der Waals surface area contributed by atoms with Gasteiger partial charge in [-0.1, -0.05) is 30.3 Å². The summed E-state index contributed by atoms with van der Waals surface area (Å²) in [6.45, 7) is 3.98. The molecule has 2 saturated heterocycles. The molecule has 0 atom stereocenters. The van der Waals surface area contributed by atoms with Crippen molar-refractivity contribution in [2.24, 2.45) is 0 Å². The minimum absolute atomic E-state index is 0.351. The SMILES string of the molecule is CN(Cc1ccccc1)c1nccc(N2CCC3(CC2)OCCO3)n1. The fourth-order valence-corrected chi connectivity index (χ4v) is 3.49. The average molecular weight is 340 g/mol. The molecule has 0 radical (unpaired) electrons. The van der Waals surface area contributed by atoms with E-state index >= 15 is 0 Å². The van der Waals surface area contributed by atoms with Gasteiger partial charge in [0.15, 0.2) is 5.79 Å². The molecule has 0 unspecified atom stereocenters. The summed E-state index contributed by atoms with van der Waals surface area (Å²) >= 11 is 0. The van der Waals surface area contributed by atoms with Crippen molar-refractivity contribution < 1.29 is 9.47 Å². The molecule has 0 bridgehead atoms. The Morgan fingerprint density at radius 1 is 1.08 bits per heavy atom. The van der Waals surface area contributed by atoms with Crippen LogP contribution in [0.3, 0.4) is 0 Å². The summed E-state index contributed by atoms with van der Waals surface area (Å²) in [5, 5.41) is 0. The molecule has 2 fully saturated rings. The molecule has 6 heteroatoms. The van der Waals surface area contributed by atoms with Gasteiger partial charge in [-0.3, -0.25) is 0 Å². The lowest BCUT2D eigenvalue weighted by atomic mass is 10.0. The Morgan fingerprint density at radius 2 is 1.80 bits per heavy atom. The topological polar surface area (TPSA) is 50.7 Å². The predicted octanol–water partition coefficient (Wildman–Crippen LogP) is 2.46. The number of hydrogen-bond donors (Lipinski definition) is 0. The smallest absolute Gasteiger partial charge is 0.227 e. The first kappa shape index (κ1) is 16.3. The summed E-state index contributed by atoms with van der Waals surface area (Å²) in [7, 11) is 2.03. The number of anilines is 2. The van der Waals surface area contributed by atoms with Crippen LogP contribution in [0.15, 0.2) is 42.6 Å². The maximum atomic E-state index is 5.80. The molecule has 4 rings (SSSR count). The van der Waals surface area contributed by atoms with E-state index in [4.69, 9.17) is 14.5 Å². The van der Waals surface area contributed by atoms with Crippen LogP contribution in [0, 0.1) is 0 Å². The number of aromatic nitrogens is 2. The van der Waals surface area contributed by atoms with Crippen LogP contribution in [-0.4, -0.2) is 49.1 Å². The molecule has 1 spiro atoms. The maximum absolute atomic E-state index is 5.80. The highest BCUT2D eigenvalue weighted by Crippen LogP contribution is 2.32. The van der Waals surface area contributed by atoms with Crippen molar-refractivity contribution in [3.8, 4) is 0 Å². The van der Waals surface area contributed by atoms with Crippen LogP contribution in [0.4, 0.5) is 11.8 Å². The molecular formula is C19H24N4O2. The Kier molecular flexibility index (Phi) is 4.55. The van der Waals surface area contributed by atoms with Crippen LogP contribution in [0.2, 0.25) is 0 Å². The quantitative estimate of drug-likeness (QED) is 0.852. The second-order valence-electron chi connectivity index (χ2n) is 6.65. The van der Waals surface area contributed by atoms with Gasteiger partial charge >= 0.3 is 0 Å². The van der Waals surface area contributed by atoms with E-state index in [2.05, 4.69) is 39.0 Å². The van der Waals surface area contributed by atoms with Crippen molar-refractivity contribution >= 4 is 11.8 Å². The lowest BCUT2D eigenvalue weighted by molar-refractivity contribution is -0.169. The van der Waals surface area contributed by atoms with Crippen LogP contribution in [-0.2, 0) is 16.0 Å². The molecule has 2 aliphatic heterocycles. The molecule has 2 aliphatic rings. The molecule has 6 nitrogen and oxygen atoms in total. The molecule has 0 amide bonds. The van der Waals surface area contributed by atoms with E-state index in [0.29, 0.717) is 13.2 Å². The minimum Gasteiger partial charge on any atom is -0.356 e. The van der Waals surface area contributed by atoms with E-state index in [1.807, 2.05) is 25.4 Å². The zero-order valence-electron chi connectivity index (χ0n) is 14.6. The predicted molar refractivity (Wildman–Crippen MR) is 96.7 cm³/mol. The third kappa shape index (κ3) is 3.60. The zero-order valence-corrected chi connectivity index (χ0v) is 14.6. The fraction of sp³-hybridized carbons (Fsp3) is 0.474. The van der Waals surface area contributed by atoms with Gasteiger partial charge in [0.25, 0.3) is 0 Å². The zero-order chi connectivity index (χ0) is 17.1. The number of benzene rings is 1. The molecule has 0 N–H and O–H groups in total. The highest BCUT2D eigenvalue weighted by molar-refractivity contribution is 5.44. The first-order chi connectivity index (χ1) is 12.2. The maximum Gasteiger partial charge on any atom is 0.227 e. The van der Waals surface area contributed by atoms with Crippen molar-refractivity contribution in [1.82, 2.24) is 9.97 Å². The Hall–Kier alpha value is -2.18. The number of hydrogen-bond acceptors (Lipinski definition) is 6. The molecule has 3 heterocycles. The van der Waals surface area contributed by atoms with Crippen LogP contribution in [0.5, 0.6) is 0 Å². The summed E-state index contributed by atoms with van der Waals surface area (Å²) in [6, 6.07) is 12.3. The normalized spacial score (nSPS) is 19.3. The van der Waals surface area contributed by atoms with E-state index in [1.165, 1.54) is 5.56 Å². The molecule has 25 heavy (non-hydrogen) atoms. The van der Waals surface area contributed by atoms with E-state index in [-0.39, 0.29) is 5.79 Å². The van der Waals surface area contributed by atoms with Gasteiger partial charge in [-0.25, -0.2) is 4.98 Å². The molecule has 2 aromatic rings. The van der Waals surface area contributed by atoms with Crippen molar-refractivity contribution in [2.45, 2.75) is 25.2 Å². The number of rotatable bonds is 4. The highest BCUT2D eigenvalue weighted by Gasteiger charge is 2.40. The Morgan fingerprint density at radius 3 is 2.52 bits per heavy atom. The second kappa shape index (κ2) is 6.98. The summed E-state index contributed by atoms with van der Waals surface area (Å²) in [5.41, 5.74) is 1.24. The van der Waals surface area contributed by atoms with Crippen LogP contribution in [0.25, 0.3) is 0 Å². The molecular weight excluding hydrogens is 316 g/mol. The second-order valence-corrected chi connectivity index (χ2v) is 6.65. The summed E-state index contributed by atoms with van der Waals surface area (Å²) in [4.78, 5) is 13.6. The van der Waals surface area contributed by atoms with Crippen molar-refractivity contribution in [1.29, 1.82) is 0 Å². The first-order valence-corrected chi connectivity index (χ1v) is 8.85. The number of nitrogens with zero attached hydrogens (tertiary/aromatic N) is 4. The van der Waals surface area contributed by atoms with Gasteiger partial charge < -0.3 is 19.3 Å². The van der Waals surface area contributed by atoms with E-state index in [9.17, 15) is 0 Å². The van der Waals surface area contributed by atoms with Crippen LogP contribution in [0.1, 0.15) is 18.4 Å². The molecule has 1 aromatic heterocycles. The van der Waals surface area contributed by atoms with E-state index < -0.39 is 0 Å². The Balaban J connectivity index is 1.43. The van der Waals surface area contributed by atoms with Crippen molar-refractivity contribution in [3.05, 3.63) is 48.2 Å². The number of piperidine rings is 1. The third-order valence-electron chi connectivity index (χ3n) is 4.89. The van der Waals surface area contributed by atoms with Gasteiger partial charge in [0, 0.05) is 45.7 Å². The summed E-state index contributed by atoms with van der Waals surface area (Å²) < 4.78 is 11.6. The van der Waals surface area contributed by atoms with Gasteiger partial charge in [0.1, 0.15) is 5.82 Å². The van der Waals surface area contributed by atoms with Gasteiger partial charge in [0.05, 0.1) is 13.2 Å². The van der Waals surface area contributed by atoms with Crippen molar-refractivity contribution in [2.75, 3.05) is 43.2 Å². The lowest BCUT2D eigenvalue weighted by Gasteiger charge is -2.38. The summed E-state index contributed by atoms with van der Waals surface area (Å²) in [6.07, 6.45) is 3.60. The average Bonchev–Trinajstić information content (AvgIpc) is 3.11. The molecule has 0 aliphatic carbocycles. The van der Waals surface area contributed by atoms with Gasteiger partial charge in [-0.05, 0) is 11.6 Å². The largest absolute Gasteiger partial charge is 0.356 e. The standard InChI is InChI=1S/C19H24N4O2/c1-22(15-16-5-3-2-4-6-16)18-20-10-7-17(21-18)23-11-8-19(9-12-23)24-13-14-25-19/h2-7,10H,8-9,11-15H2,1H3. The number of ether oxygens (including phenoxy) is 2. The Bertz CT molecular complexity index is 694. The van der Waals surface area contributed by atoms with Gasteiger partial charge in [0.2, 0.25) is 5.95 Å². The van der Waals surface area contributed by atoms with Crippen LogP contribution >= 0.6 is 0 Å². The monoisotopic (exact) mass is 340 g/mol. The first-order valence-electron chi connectivity index (χ1n) is 8.85. The van der Waals surface area contributed by atoms with E-state index in [1.54, 1.807) is 0 Å². The van der Waals surface area contributed by atoms with Gasteiger partial charge in [-0.15, -0.1) is 0 Å². The molecule has 1 aromatic carbocycles. The van der Waals surface area contributed by atoms with E-state index in [0.717, 1.165) is 44.2 Å². The Labute approximate surface area is 148 Å². The lowest BCUT2D eigenvalue weighted by Crippen LogP contribution is -2.45. The summed E-state index contributed by atoms with van der Waals surface area (Å²) in [5.74, 6) is 1.36.